The molecule has 0 aliphatic carbocycles. The van der Waals surface area contributed by atoms with E-state index in [0.29, 0.717) is 11.3 Å². The number of nitrogens with two attached hydrogens (primary N) is 1. The molecule has 3 N–H and O–H groups in total. The van der Waals surface area contributed by atoms with Gasteiger partial charge in [-0.25, -0.2) is 14.6 Å². The second-order valence-corrected chi connectivity index (χ2v) is 9.41. The van der Waals surface area contributed by atoms with E-state index in [1.807, 2.05) is 0 Å². The molecule has 3 atom stereocenters. The number of β-lactam (4-membered cyclic amide) rings is 1. The summed E-state index contributed by atoms with van der Waals surface area (Å²) in [4.78, 5) is 71.1. The zero-order valence-corrected chi connectivity index (χ0v) is 21.3. The number of allylic oxidation sites excluding steroid dienone is 2. The summed E-state index contributed by atoms with van der Waals surface area (Å²) in [5, 5.41) is 7.10. The van der Waals surface area contributed by atoms with E-state index in [2.05, 4.69) is 20.3 Å². The van der Waals surface area contributed by atoms with E-state index in [4.69, 9.17) is 15.2 Å². The lowest BCUT2D eigenvalue weighted by Gasteiger charge is -2.49. The van der Waals surface area contributed by atoms with Crippen LogP contribution < -0.4 is 11.1 Å². The largest absolute Gasteiger partial charge is 0.426 e. The summed E-state index contributed by atoms with van der Waals surface area (Å²) in [5.74, 6) is -3.30. The first kappa shape index (κ1) is 26.9. The van der Waals surface area contributed by atoms with E-state index in [9.17, 15) is 24.0 Å². The Balaban J connectivity index is 1.81. The number of ether oxygens (including phenoxy) is 2. The van der Waals surface area contributed by atoms with Crippen LogP contribution in [0.2, 0.25) is 0 Å². The maximum Gasteiger partial charge on any atom is 0.358 e. The molecule has 3 heterocycles. The van der Waals surface area contributed by atoms with Crippen LogP contribution in [-0.4, -0.2) is 68.8 Å². The van der Waals surface area contributed by atoms with Gasteiger partial charge < -0.3 is 25.4 Å². The molecule has 0 saturated carbocycles. The highest BCUT2D eigenvalue weighted by Crippen LogP contribution is 2.41. The third-order valence-corrected chi connectivity index (χ3v) is 6.67. The average Bonchev–Trinajstić information content (AvgIpc) is 3.22. The Labute approximate surface area is 213 Å². The van der Waals surface area contributed by atoms with Gasteiger partial charge in [-0.1, -0.05) is 17.3 Å². The van der Waals surface area contributed by atoms with Gasteiger partial charge in [0.2, 0.25) is 6.29 Å². The van der Waals surface area contributed by atoms with Crippen LogP contribution in [0.15, 0.2) is 34.0 Å². The molecular weight excluding hydrogens is 514 g/mol. The molecule has 3 unspecified atom stereocenters. The van der Waals surface area contributed by atoms with Crippen molar-refractivity contribution in [1.29, 1.82) is 0 Å². The third-order valence-electron chi connectivity index (χ3n) is 4.70. The van der Waals surface area contributed by atoms with Crippen LogP contribution in [0.5, 0.6) is 0 Å². The van der Waals surface area contributed by atoms with Crippen molar-refractivity contribution in [3.8, 4) is 0 Å². The van der Waals surface area contributed by atoms with Gasteiger partial charge in [0.1, 0.15) is 22.8 Å². The normalized spacial score (nSPS) is 20.4. The van der Waals surface area contributed by atoms with Gasteiger partial charge in [-0.3, -0.25) is 19.3 Å². The van der Waals surface area contributed by atoms with Crippen LogP contribution in [-0.2, 0) is 38.3 Å². The van der Waals surface area contributed by atoms with Crippen molar-refractivity contribution in [2.45, 2.75) is 45.4 Å². The molecular formula is C21H23N5O8S2. The lowest BCUT2D eigenvalue weighted by Crippen LogP contribution is -2.71. The summed E-state index contributed by atoms with van der Waals surface area (Å²) < 4.78 is 10.0. The first-order chi connectivity index (χ1) is 17.0. The molecule has 2 amide bonds. The van der Waals surface area contributed by atoms with Crippen LogP contribution in [0, 0.1) is 0 Å². The zero-order chi connectivity index (χ0) is 26.6. The van der Waals surface area contributed by atoms with E-state index in [-0.39, 0.29) is 22.2 Å². The smallest absolute Gasteiger partial charge is 0.358 e. The van der Waals surface area contributed by atoms with E-state index in [0.717, 1.165) is 18.3 Å². The molecule has 3 rings (SSSR count). The summed E-state index contributed by atoms with van der Waals surface area (Å²) in [6.45, 7) is 5.41. The predicted octanol–water partition coefficient (Wildman–Crippen LogP) is 0.675. The number of nitrogens with zero attached hydrogens (tertiary/aromatic N) is 3. The summed E-state index contributed by atoms with van der Waals surface area (Å²) >= 11 is 2.37. The van der Waals surface area contributed by atoms with Gasteiger partial charge in [0.05, 0.1) is 0 Å². The van der Waals surface area contributed by atoms with Crippen LogP contribution in [0.25, 0.3) is 0 Å². The first-order valence-electron chi connectivity index (χ1n) is 10.5. The number of amides is 2. The molecule has 0 spiro atoms. The third kappa shape index (κ3) is 5.91. The molecule has 2 aliphatic rings. The number of hydrogen-bond donors (Lipinski definition) is 2. The highest BCUT2D eigenvalue weighted by molar-refractivity contribution is 8.00. The average molecular weight is 538 g/mol. The Morgan fingerprint density at radius 2 is 2.00 bits per heavy atom. The number of oxime groups is 1. The minimum absolute atomic E-state index is 0.00701. The maximum atomic E-state index is 13.1. The lowest BCUT2D eigenvalue weighted by atomic mass is 10.0. The fraction of sp³-hybridized carbons (Fsp3) is 0.381. The van der Waals surface area contributed by atoms with Gasteiger partial charge in [-0.15, -0.1) is 23.1 Å². The number of esters is 2. The van der Waals surface area contributed by atoms with Gasteiger partial charge in [0.15, 0.2) is 10.8 Å². The molecule has 1 aromatic rings. The van der Waals surface area contributed by atoms with Crippen LogP contribution in [0.3, 0.4) is 0 Å². The highest BCUT2D eigenvalue weighted by atomic mass is 32.2. The molecule has 0 aromatic carbocycles. The fourth-order valence-corrected chi connectivity index (χ4v) is 5.21. The van der Waals surface area contributed by atoms with Gasteiger partial charge in [-0.05, 0) is 12.5 Å². The fourth-order valence-electron chi connectivity index (χ4n) is 3.35. The van der Waals surface area contributed by atoms with Gasteiger partial charge in [-0.2, -0.15) is 0 Å². The SMILES string of the molecule is C/C=C\C1=C(C(=O)OC(C)OC(C)=O)N2C(=O)C(NC(=O)/C(=N\OC(C)=O)c3csc(N)n3)C2SC1. The minimum Gasteiger partial charge on any atom is -0.426 e. The Hall–Kier alpha value is -3.72. The number of fused-ring (bicyclic) bond motifs is 1. The van der Waals surface area contributed by atoms with Crippen molar-refractivity contribution in [3.63, 3.8) is 0 Å². The molecule has 192 valence electrons. The highest BCUT2D eigenvalue weighted by Gasteiger charge is 2.54. The minimum atomic E-state index is -1.17. The Kier molecular flexibility index (Phi) is 8.47. The molecule has 0 radical (unpaired) electrons. The van der Waals surface area contributed by atoms with Gasteiger partial charge in [0, 0.05) is 31.9 Å². The zero-order valence-electron chi connectivity index (χ0n) is 19.7. The van der Waals surface area contributed by atoms with E-state index < -0.39 is 47.4 Å². The van der Waals surface area contributed by atoms with Crippen molar-refractivity contribution in [1.82, 2.24) is 15.2 Å². The number of thioether (sulfide) groups is 1. The molecule has 1 saturated heterocycles. The Morgan fingerprint density at radius 3 is 2.58 bits per heavy atom. The van der Waals surface area contributed by atoms with Gasteiger partial charge >= 0.3 is 17.9 Å². The molecule has 13 nitrogen and oxygen atoms in total. The van der Waals surface area contributed by atoms with Crippen molar-refractivity contribution >= 4 is 63.7 Å². The van der Waals surface area contributed by atoms with Crippen LogP contribution in [0.4, 0.5) is 5.13 Å². The number of anilines is 1. The molecule has 1 fully saturated rings. The van der Waals surface area contributed by atoms with E-state index in [1.165, 1.54) is 35.9 Å². The summed E-state index contributed by atoms with van der Waals surface area (Å²) in [6.07, 6.45) is 2.21. The number of thiazole rings is 1. The van der Waals surface area contributed by atoms with Crippen molar-refractivity contribution in [2.75, 3.05) is 11.5 Å². The molecule has 15 heteroatoms. The summed E-state index contributed by atoms with van der Waals surface area (Å²) in [5.41, 5.74) is 5.88. The molecule has 2 aliphatic heterocycles. The van der Waals surface area contributed by atoms with E-state index in [1.54, 1.807) is 19.1 Å². The number of nitrogen functional groups attached to an aromatic ring is 1. The van der Waals surface area contributed by atoms with Crippen LogP contribution in [0.1, 0.15) is 33.4 Å². The number of rotatable bonds is 8. The standard InChI is InChI=1S/C21H23N5O8S2/c1-5-6-12-7-35-19-15(18(30)26(19)16(12)20(31)33-11(4)32-9(2)27)24-17(29)14(25-34-10(3)28)13-8-36-21(22)23-13/h5-6,8,11,15,19H,7H2,1-4H3,(H2,22,23)(H,24,29)/b6-5-,25-14-. The topological polar surface area (TPSA) is 180 Å². The van der Waals surface area contributed by atoms with Crippen molar-refractivity contribution < 1.29 is 38.3 Å². The maximum absolute atomic E-state index is 13.1. The molecule has 0 bridgehead atoms. The second-order valence-electron chi connectivity index (χ2n) is 7.41. The number of nitrogens with one attached hydrogen (secondary N) is 1. The molecule has 36 heavy (non-hydrogen) atoms. The lowest BCUT2D eigenvalue weighted by molar-refractivity contribution is -0.182. The van der Waals surface area contributed by atoms with E-state index >= 15 is 0 Å². The Morgan fingerprint density at radius 1 is 1.28 bits per heavy atom. The Bertz CT molecular complexity index is 1190. The second kappa shape index (κ2) is 11.3. The van der Waals surface area contributed by atoms with Gasteiger partial charge in [0.25, 0.3) is 11.8 Å². The quantitative estimate of drug-likeness (QED) is 0.119. The number of aromatic nitrogens is 1. The van der Waals surface area contributed by atoms with Crippen molar-refractivity contribution in [3.05, 3.63) is 34.5 Å². The first-order valence-corrected chi connectivity index (χ1v) is 12.4. The molecule has 1 aromatic heterocycles. The monoisotopic (exact) mass is 537 g/mol. The number of carbonyl (C=O) groups excluding carboxylic acids is 5. The number of carbonyl (C=O) groups is 5. The van der Waals surface area contributed by atoms with Crippen LogP contribution >= 0.6 is 23.1 Å². The summed E-state index contributed by atoms with van der Waals surface area (Å²) in [6, 6.07) is -1.01. The predicted molar refractivity (Wildman–Crippen MR) is 129 cm³/mol. The number of hydrogen-bond acceptors (Lipinski definition) is 13. The summed E-state index contributed by atoms with van der Waals surface area (Å²) in [7, 11) is 0. The van der Waals surface area contributed by atoms with Crippen molar-refractivity contribution in [2.24, 2.45) is 5.16 Å².